The molecule has 256 valence electrons. The minimum Gasteiger partial charge on any atom is -0.508 e. The molecule has 11 nitrogen and oxygen atoms in total. The largest absolute Gasteiger partial charge is 0.508 e. The zero-order chi connectivity index (χ0) is 33.5. The molecule has 4 unspecified atom stereocenters. The first-order valence-corrected chi connectivity index (χ1v) is 17.2. The van der Waals surface area contributed by atoms with Gasteiger partial charge in [0.05, 0.1) is 35.6 Å². The number of hydrogen-bond acceptors (Lipinski definition) is 10. The molecule has 2 aromatic heterocycles. The van der Waals surface area contributed by atoms with Crippen LogP contribution >= 0.6 is 0 Å². The van der Waals surface area contributed by atoms with Gasteiger partial charge >= 0.3 is 6.01 Å². The van der Waals surface area contributed by atoms with Crippen LogP contribution in [0.2, 0.25) is 0 Å². The predicted octanol–water partition coefficient (Wildman–Crippen LogP) is 4.00. The molecule has 0 saturated carbocycles. The van der Waals surface area contributed by atoms with Crippen LogP contribution in [-0.2, 0) is 9.53 Å². The van der Waals surface area contributed by atoms with E-state index in [2.05, 4.69) is 25.1 Å². The molecule has 13 heteroatoms. The Morgan fingerprint density at radius 1 is 1.12 bits per heavy atom. The summed E-state index contributed by atoms with van der Waals surface area (Å²) in [6.45, 7) is 4.05. The second-order valence-corrected chi connectivity index (χ2v) is 14.6. The number of anilines is 1. The first-order chi connectivity index (χ1) is 23.7. The quantitative estimate of drug-likeness (QED) is 0.308. The highest BCUT2D eigenvalue weighted by Crippen LogP contribution is 2.42. The maximum atomic E-state index is 16.9. The van der Waals surface area contributed by atoms with Crippen molar-refractivity contribution in [1.82, 2.24) is 30.1 Å². The van der Waals surface area contributed by atoms with E-state index >= 15 is 8.78 Å². The van der Waals surface area contributed by atoms with Crippen LogP contribution in [0.15, 0.2) is 36.5 Å². The number of hydrogen-bond donors (Lipinski definition) is 2. The zero-order valence-corrected chi connectivity index (χ0v) is 27.4. The summed E-state index contributed by atoms with van der Waals surface area (Å²) in [5.41, 5.74) is -0.634. The highest BCUT2D eigenvalue weighted by Gasteiger charge is 2.50. The molecule has 7 heterocycles. The Labute approximate surface area is 282 Å². The summed E-state index contributed by atoms with van der Waals surface area (Å²) in [6.07, 6.45) is 6.37. The number of likely N-dealkylation sites (N-methyl/N-ethyl adjacent to an activating group) is 1. The van der Waals surface area contributed by atoms with Crippen molar-refractivity contribution in [3.8, 4) is 23.0 Å². The minimum absolute atomic E-state index is 0.0105. The number of amides is 1. The van der Waals surface area contributed by atoms with Crippen molar-refractivity contribution >= 4 is 33.4 Å². The Hall–Kier alpha value is -4.20. The molecule has 2 N–H and O–H groups in total. The van der Waals surface area contributed by atoms with Gasteiger partial charge in [0.15, 0.2) is 5.82 Å². The molecule has 0 radical (unpaired) electrons. The van der Waals surface area contributed by atoms with Crippen molar-refractivity contribution in [1.29, 1.82) is 0 Å². The third kappa shape index (κ3) is 5.16. The number of pyridine rings is 1. The molecule has 2 spiro atoms. The lowest BCUT2D eigenvalue weighted by molar-refractivity contribution is -0.132. The zero-order valence-electron chi connectivity index (χ0n) is 27.4. The number of halogens is 2. The van der Waals surface area contributed by atoms with Crippen LogP contribution in [0.5, 0.6) is 11.8 Å². The maximum absolute atomic E-state index is 16.9. The van der Waals surface area contributed by atoms with Gasteiger partial charge in [-0.05, 0) is 62.2 Å². The molecule has 7 bridgehead atoms. The van der Waals surface area contributed by atoms with E-state index in [-0.39, 0.29) is 63.1 Å². The first kappa shape index (κ1) is 30.8. The lowest BCUT2D eigenvalue weighted by Crippen LogP contribution is -2.64. The number of aromatic hydroxyl groups is 1. The highest BCUT2D eigenvalue weighted by atomic mass is 19.1. The third-order valence-electron chi connectivity index (χ3n) is 11.4. The van der Waals surface area contributed by atoms with Gasteiger partial charge in [0.25, 0.3) is 0 Å². The summed E-state index contributed by atoms with van der Waals surface area (Å²) in [7, 11) is 1.85. The maximum Gasteiger partial charge on any atom is 0.319 e. The van der Waals surface area contributed by atoms with Crippen molar-refractivity contribution in [2.45, 2.75) is 61.7 Å². The van der Waals surface area contributed by atoms with E-state index in [1.165, 1.54) is 24.4 Å². The second-order valence-electron chi connectivity index (χ2n) is 14.6. The standard InChI is InChI=1S/C36H39F2N7O4/c1-43-18-35-9-6-22(42-35)16-44(19-35)33-26-15-39-31(25-13-23(46)12-21-4-2-5-27(37)29(21)25)30(38)32(26)40-34(41-33)49-20-36-8-3-10-45(36)17-24(14-36)48-11-7-28(43)47/h2,4-5,12-13,15,22,24,42,46H,3,6-11,14,16-20H2,1H3. The molecular weight excluding hydrogens is 632 g/mol. The van der Waals surface area contributed by atoms with E-state index in [1.54, 1.807) is 17.0 Å². The van der Waals surface area contributed by atoms with E-state index < -0.39 is 11.6 Å². The fraction of sp³-hybridized carbons (Fsp3) is 0.500. The van der Waals surface area contributed by atoms with Gasteiger partial charge in [-0.3, -0.25) is 14.7 Å². The Balaban J connectivity index is 1.19. The number of nitrogens with zero attached hydrogens (tertiary/aromatic N) is 6. The molecule has 4 atom stereocenters. The van der Waals surface area contributed by atoms with Gasteiger partial charge in [0.1, 0.15) is 35.2 Å². The number of carbonyl (C=O) groups excluding carboxylic acids is 1. The molecular formula is C36H39F2N7O4. The molecule has 4 aromatic rings. The third-order valence-corrected chi connectivity index (χ3v) is 11.4. The van der Waals surface area contributed by atoms with Gasteiger partial charge in [-0.25, -0.2) is 8.78 Å². The molecule has 9 rings (SSSR count). The Morgan fingerprint density at radius 2 is 2.02 bits per heavy atom. The lowest BCUT2D eigenvalue weighted by atomic mass is 9.94. The summed E-state index contributed by atoms with van der Waals surface area (Å²) < 4.78 is 44.9. The van der Waals surface area contributed by atoms with Crippen LogP contribution in [0.1, 0.15) is 38.5 Å². The summed E-state index contributed by atoms with van der Waals surface area (Å²) >= 11 is 0. The number of benzene rings is 2. The average Bonchev–Trinajstić information content (AvgIpc) is 3.72. The number of piperazine rings is 1. The molecule has 2 aromatic carbocycles. The van der Waals surface area contributed by atoms with Crippen LogP contribution in [0, 0.1) is 11.6 Å². The number of ether oxygens (including phenoxy) is 2. The fourth-order valence-corrected chi connectivity index (χ4v) is 9.21. The SMILES string of the molecule is CN1CC23CCC(CN(C2)c2nc(nc4c(F)c(-c5cc(O)cc6cccc(F)c56)ncc24)OCC24CCCN2CC(C4)OCCC1=O)N3. The molecule has 0 aliphatic carbocycles. The number of phenols is 1. The van der Waals surface area contributed by atoms with E-state index in [1.807, 2.05) is 7.05 Å². The Morgan fingerprint density at radius 3 is 2.92 bits per heavy atom. The second kappa shape index (κ2) is 11.4. The summed E-state index contributed by atoms with van der Waals surface area (Å²) in [5, 5.41) is 15.3. The van der Waals surface area contributed by atoms with Crippen molar-refractivity contribution in [2.24, 2.45) is 0 Å². The van der Waals surface area contributed by atoms with Crippen LogP contribution in [0.25, 0.3) is 32.9 Å². The van der Waals surface area contributed by atoms with Crippen molar-refractivity contribution in [3.63, 3.8) is 0 Å². The minimum atomic E-state index is -0.750. The number of rotatable bonds is 1. The molecule has 5 aliphatic rings. The van der Waals surface area contributed by atoms with Gasteiger partial charge < -0.3 is 29.7 Å². The number of aromatic nitrogens is 3. The summed E-state index contributed by atoms with van der Waals surface area (Å²) in [6, 6.07) is 7.50. The summed E-state index contributed by atoms with van der Waals surface area (Å²) in [5.74, 6) is -0.874. The van der Waals surface area contributed by atoms with Crippen LogP contribution in [0.4, 0.5) is 14.6 Å². The van der Waals surface area contributed by atoms with Crippen molar-refractivity contribution in [2.75, 3.05) is 57.9 Å². The molecule has 4 fully saturated rings. The molecule has 5 aliphatic heterocycles. The molecule has 1 amide bonds. The Bertz CT molecular complexity index is 2000. The van der Waals surface area contributed by atoms with Gasteiger partial charge in [0, 0.05) is 56.4 Å². The monoisotopic (exact) mass is 671 g/mol. The van der Waals surface area contributed by atoms with Crippen LogP contribution in [0.3, 0.4) is 0 Å². The number of fused-ring (bicyclic) bond motifs is 9. The number of phenolic OH excluding ortho intramolecular Hbond substituents is 1. The van der Waals surface area contributed by atoms with Crippen molar-refractivity contribution < 1.29 is 28.2 Å². The van der Waals surface area contributed by atoms with Crippen LogP contribution in [-0.4, -0.2) is 112 Å². The number of nitrogens with one attached hydrogen (secondary N) is 1. The highest BCUT2D eigenvalue weighted by molar-refractivity contribution is 6.00. The average molecular weight is 672 g/mol. The van der Waals surface area contributed by atoms with Gasteiger partial charge in [-0.2, -0.15) is 9.97 Å². The van der Waals surface area contributed by atoms with Gasteiger partial charge in [0.2, 0.25) is 5.91 Å². The normalized spacial score (nSPS) is 29.0. The van der Waals surface area contributed by atoms with Gasteiger partial charge in [-0.15, -0.1) is 0 Å². The first-order valence-electron chi connectivity index (χ1n) is 17.2. The van der Waals surface area contributed by atoms with Crippen molar-refractivity contribution in [3.05, 3.63) is 48.2 Å². The van der Waals surface area contributed by atoms with Gasteiger partial charge in [-0.1, -0.05) is 12.1 Å². The lowest BCUT2D eigenvalue weighted by Gasteiger charge is -2.44. The molecule has 49 heavy (non-hydrogen) atoms. The Kier molecular flexibility index (Phi) is 7.19. The topological polar surface area (TPSA) is 116 Å². The predicted molar refractivity (Wildman–Crippen MR) is 179 cm³/mol. The summed E-state index contributed by atoms with van der Waals surface area (Å²) in [4.78, 5) is 33.7. The van der Waals surface area contributed by atoms with Crippen LogP contribution < -0.4 is 15.0 Å². The smallest absolute Gasteiger partial charge is 0.319 e. The van der Waals surface area contributed by atoms with E-state index in [4.69, 9.17) is 14.5 Å². The van der Waals surface area contributed by atoms with E-state index in [0.29, 0.717) is 55.9 Å². The molecule has 4 saturated heterocycles. The van der Waals surface area contributed by atoms with E-state index in [9.17, 15) is 9.90 Å². The van der Waals surface area contributed by atoms with E-state index in [0.717, 1.165) is 45.2 Å². The number of carbonyl (C=O) groups is 1. The fourth-order valence-electron chi connectivity index (χ4n) is 9.21.